The number of carbonyl (C=O) groups excluding carboxylic acids is 3. The molecule has 0 aromatic carbocycles. The van der Waals surface area contributed by atoms with E-state index in [1.165, 1.54) is 13.8 Å². The van der Waals surface area contributed by atoms with Gasteiger partial charge in [0.15, 0.2) is 5.78 Å². The van der Waals surface area contributed by atoms with E-state index in [0.717, 1.165) is 12.0 Å². The number of ketones is 1. The van der Waals surface area contributed by atoms with Crippen molar-refractivity contribution in [3.05, 3.63) is 23.5 Å². The maximum Gasteiger partial charge on any atom is 0.222 e. The van der Waals surface area contributed by atoms with Crippen molar-refractivity contribution in [2.45, 2.75) is 53.4 Å². The van der Waals surface area contributed by atoms with E-state index in [1.54, 1.807) is 12.3 Å². The molecule has 1 aromatic heterocycles. The lowest BCUT2D eigenvalue weighted by molar-refractivity contribution is -0.133. The van der Waals surface area contributed by atoms with Crippen molar-refractivity contribution in [1.82, 2.24) is 9.88 Å². The van der Waals surface area contributed by atoms with Gasteiger partial charge in [-0.1, -0.05) is 13.8 Å². The predicted octanol–water partition coefficient (Wildman–Crippen LogP) is 2.99. The molecule has 1 N–H and O–H groups in total. The van der Waals surface area contributed by atoms with Crippen LogP contribution in [-0.2, 0) is 9.59 Å². The first-order chi connectivity index (χ1) is 11.4. The molecule has 1 aromatic rings. The number of amides is 2. The van der Waals surface area contributed by atoms with Gasteiger partial charge in [-0.15, -0.1) is 0 Å². The van der Waals surface area contributed by atoms with E-state index in [4.69, 9.17) is 0 Å². The Morgan fingerprint density at radius 2 is 2.00 bits per heavy atom. The van der Waals surface area contributed by atoms with Crippen LogP contribution in [0, 0.1) is 0 Å². The van der Waals surface area contributed by atoms with E-state index in [0.29, 0.717) is 25.2 Å². The van der Waals surface area contributed by atoms with E-state index in [2.05, 4.69) is 10.3 Å². The van der Waals surface area contributed by atoms with E-state index in [9.17, 15) is 14.4 Å². The fraction of sp³-hybridized carbons (Fsp3) is 0.556. The Labute approximate surface area is 143 Å². The molecular formula is C18H27N3O3. The molecule has 1 unspecified atom stereocenters. The first-order valence-corrected chi connectivity index (χ1v) is 8.48. The van der Waals surface area contributed by atoms with Gasteiger partial charge in [0, 0.05) is 45.5 Å². The molecule has 1 aliphatic rings. The highest BCUT2D eigenvalue weighted by molar-refractivity contribution is 6.01. The summed E-state index contributed by atoms with van der Waals surface area (Å²) < 4.78 is 0. The Bertz CT molecular complexity index is 614. The van der Waals surface area contributed by atoms with E-state index in [1.807, 2.05) is 25.7 Å². The van der Waals surface area contributed by atoms with Gasteiger partial charge in [0.25, 0.3) is 0 Å². The van der Waals surface area contributed by atoms with Crippen molar-refractivity contribution in [2.24, 2.45) is 0 Å². The molecule has 0 saturated carbocycles. The fourth-order valence-corrected chi connectivity index (χ4v) is 2.76. The van der Waals surface area contributed by atoms with Crippen molar-refractivity contribution < 1.29 is 14.4 Å². The van der Waals surface area contributed by atoms with Gasteiger partial charge >= 0.3 is 0 Å². The summed E-state index contributed by atoms with van der Waals surface area (Å²) in [6.07, 6.45) is 2.95. The van der Waals surface area contributed by atoms with Crippen molar-refractivity contribution in [2.75, 3.05) is 18.4 Å². The minimum absolute atomic E-state index is 0.175. The average molecular weight is 333 g/mol. The molecule has 1 fully saturated rings. The largest absolute Gasteiger partial charge is 0.342 e. The molecule has 2 amide bonds. The maximum atomic E-state index is 11.8. The maximum absolute atomic E-state index is 11.8. The summed E-state index contributed by atoms with van der Waals surface area (Å²) in [6, 6.07) is 1.80. The highest BCUT2D eigenvalue weighted by Crippen LogP contribution is 2.29. The number of nitrogens with one attached hydrogen (secondary N) is 1. The number of pyridine rings is 1. The van der Waals surface area contributed by atoms with E-state index >= 15 is 0 Å². The second-order valence-corrected chi connectivity index (χ2v) is 5.57. The smallest absolute Gasteiger partial charge is 0.222 e. The van der Waals surface area contributed by atoms with Crippen LogP contribution < -0.4 is 5.32 Å². The number of likely N-dealkylation sites (N-methyl/N-ethyl adjacent to an activating group) is 1. The quantitative estimate of drug-likeness (QED) is 0.859. The number of nitrogens with zero attached hydrogens (tertiary/aromatic N) is 2. The molecule has 6 heteroatoms. The minimum atomic E-state index is -0.240. The summed E-state index contributed by atoms with van der Waals surface area (Å²) in [4.78, 5) is 40.7. The highest BCUT2D eigenvalue weighted by atomic mass is 16.2. The number of Topliss-reactive ketones (excluding diaryl/α,β-unsaturated/α-hetero) is 1. The second-order valence-electron chi connectivity index (χ2n) is 5.57. The standard InChI is InChI=1S/C16H21N3O3.C2H6/c1-4-19-9-12(5-6-15(19)22)13-7-14(18-11(3)21)16(10(2)20)17-8-13;1-2/h7-8,12H,4-6,9H2,1-3H3,(H,18,21);1-2H3. The summed E-state index contributed by atoms with van der Waals surface area (Å²) in [5.74, 6) is -0.0763. The molecule has 0 spiro atoms. The third kappa shape index (κ3) is 4.88. The highest BCUT2D eigenvalue weighted by Gasteiger charge is 2.26. The molecule has 132 valence electrons. The Kier molecular flexibility index (Phi) is 7.55. The number of anilines is 1. The summed E-state index contributed by atoms with van der Waals surface area (Å²) in [6.45, 7) is 10.1. The van der Waals surface area contributed by atoms with Gasteiger partial charge < -0.3 is 10.2 Å². The molecular weight excluding hydrogens is 306 g/mol. The van der Waals surface area contributed by atoms with Crippen LogP contribution in [0.4, 0.5) is 5.69 Å². The molecule has 6 nitrogen and oxygen atoms in total. The summed E-state index contributed by atoms with van der Waals surface area (Å²) in [5, 5.41) is 2.67. The number of hydrogen-bond acceptors (Lipinski definition) is 4. The fourth-order valence-electron chi connectivity index (χ4n) is 2.76. The number of piperidine rings is 1. The van der Waals surface area contributed by atoms with Gasteiger partial charge in [0.2, 0.25) is 11.8 Å². The zero-order chi connectivity index (χ0) is 18.3. The molecule has 24 heavy (non-hydrogen) atoms. The first-order valence-electron chi connectivity index (χ1n) is 8.48. The lowest BCUT2D eigenvalue weighted by atomic mass is 9.90. The van der Waals surface area contributed by atoms with Crippen LogP contribution >= 0.6 is 0 Å². The molecule has 1 atom stereocenters. The van der Waals surface area contributed by atoms with Gasteiger partial charge in [0.1, 0.15) is 5.69 Å². The summed E-state index contributed by atoms with van der Waals surface area (Å²) in [5.41, 5.74) is 1.65. The van der Waals surface area contributed by atoms with E-state index in [-0.39, 0.29) is 29.2 Å². The number of likely N-dealkylation sites (tertiary alicyclic amines) is 1. The minimum Gasteiger partial charge on any atom is -0.342 e. The monoisotopic (exact) mass is 333 g/mol. The zero-order valence-corrected chi connectivity index (χ0v) is 15.2. The summed E-state index contributed by atoms with van der Waals surface area (Å²) in [7, 11) is 0. The molecule has 1 saturated heterocycles. The average Bonchev–Trinajstić information content (AvgIpc) is 2.56. The lowest BCUT2D eigenvalue weighted by Crippen LogP contribution is -2.38. The van der Waals surface area contributed by atoms with Gasteiger partial charge in [0.05, 0.1) is 5.69 Å². The Morgan fingerprint density at radius 1 is 1.33 bits per heavy atom. The number of hydrogen-bond donors (Lipinski definition) is 1. The number of rotatable bonds is 4. The molecule has 2 rings (SSSR count). The van der Waals surface area contributed by atoms with E-state index < -0.39 is 0 Å². The van der Waals surface area contributed by atoms with Crippen LogP contribution in [0.25, 0.3) is 0 Å². The predicted molar refractivity (Wildman–Crippen MR) is 94.1 cm³/mol. The van der Waals surface area contributed by atoms with Crippen molar-refractivity contribution in [3.63, 3.8) is 0 Å². The molecule has 2 heterocycles. The molecule has 1 aliphatic heterocycles. The van der Waals surface area contributed by atoms with Crippen LogP contribution in [0.1, 0.15) is 69.4 Å². The van der Waals surface area contributed by atoms with Crippen LogP contribution in [0.2, 0.25) is 0 Å². The third-order valence-electron chi connectivity index (χ3n) is 3.91. The Morgan fingerprint density at radius 3 is 2.54 bits per heavy atom. The normalized spacial score (nSPS) is 17.0. The van der Waals surface area contributed by atoms with Gasteiger partial charge in [-0.05, 0) is 25.0 Å². The Hall–Kier alpha value is -2.24. The van der Waals surface area contributed by atoms with Crippen molar-refractivity contribution in [3.8, 4) is 0 Å². The summed E-state index contributed by atoms with van der Waals surface area (Å²) >= 11 is 0. The van der Waals surface area contributed by atoms with Crippen molar-refractivity contribution in [1.29, 1.82) is 0 Å². The zero-order valence-electron chi connectivity index (χ0n) is 15.2. The van der Waals surface area contributed by atoms with Gasteiger partial charge in [-0.3, -0.25) is 19.4 Å². The van der Waals surface area contributed by atoms with Crippen LogP contribution in [0.5, 0.6) is 0 Å². The SMILES string of the molecule is CC.CCN1CC(c2cnc(C(C)=O)c(NC(C)=O)c2)CCC1=O. The second kappa shape index (κ2) is 9.15. The third-order valence-corrected chi connectivity index (χ3v) is 3.91. The number of aromatic nitrogens is 1. The molecule has 0 aliphatic carbocycles. The van der Waals surface area contributed by atoms with Gasteiger partial charge in [-0.25, -0.2) is 0 Å². The Balaban J connectivity index is 0.00000139. The van der Waals surface area contributed by atoms with Crippen LogP contribution in [0.3, 0.4) is 0 Å². The van der Waals surface area contributed by atoms with Crippen LogP contribution in [-0.4, -0.2) is 40.6 Å². The van der Waals surface area contributed by atoms with Gasteiger partial charge in [-0.2, -0.15) is 0 Å². The molecule has 0 radical (unpaired) electrons. The van der Waals surface area contributed by atoms with Crippen LogP contribution in [0.15, 0.2) is 12.3 Å². The number of carbonyl (C=O) groups is 3. The van der Waals surface area contributed by atoms with Crippen molar-refractivity contribution >= 4 is 23.3 Å². The topological polar surface area (TPSA) is 79.4 Å². The first kappa shape index (κ1) is 19.8. The molecule has 0 bridgehead atoms. The lowest BCUT2D eigenvalue weighted by Gasteiger charge is -2.32.